The number of hydrogen-bond acceptors (Lipinski definition) is 5. The maximum Gasteiger partial charge on any atom is 0.490 e. The number of aryl methyl sites for hydroxylation is 1. The van der Waals surface area contributed by atoms with Crippen LogP contribution in [-0.4, -0.2) is 64.4 Å². The molecule has 2 aliphatic heterocycles. The van der Waals surface area contributed by atoms with Crippen molar-refractivity contribution in [3.63, 3.8) is 0 Å². The van der Waals surface area contributed by atoms with Crippen LogP contribution in [0, 0.1) is 12.8 Å². The first-order valence-corrected chi connectivity index (χ1v) is 10.3. The zero-order valence-corrected chi connectivity index (χ0v) is 17.4. The summed E-state index contributed by atoms with van der Waals surface area (Å²) >= 11 is 0. The summed E-state index contributed by atoms with van der Waals surface area (Å²) in [5.74, 6) is -2.14. The highest BCUT2D eigenvalue weighted by atomic mass is 19.4. The van der Waals surface area contributed by atoms with Crippen molar-refractivity contribution < 1.29 is 37.3 Å². The van der Waals surface area contributed by atoms with Crippen LogP contribution >= 0.6 is 0 Å². The summed E-state index contributed by atoms with van der Waals surface area (Å²) in [5, 5.41) is 7.12. The number of nitrogens with zero attached hydrogens (tertiary/aromatic N) is 2. The molecule has 1 spiro atoms. The second-order valence-corrected chi connectivity index (χ2v) is 8.38. The summed E-state index contributed by atoms with van der Waals surface area (Å²) in [6, 6.07) is 2.01. The van der Waals surface area contributed by atoms with Gasteiger partial charge >= 0.3 is 12.1 Å². The first kappa shape index (κ1) is 23.5. The number of alkyl halides is 3. The Morgan fingerprint density at radius 1 is 1.32 bits per heavy atom. The second kappa shape index (κ2) is 9.52. The number of rotatable bonds is 4. The Morgan fingerprint density at radius 2 is 2.00 bits per heavy atom. The number of carbonyl (C=O) groups is 2. The topological polar surface area (TPSA) is 89.0 Å². The van der Waals surface area contributed by atoms with Crippen LogP contribution in [0.4, 0.5) is 13.2 Å². The van der Waals surface area contributed by atoms with Gasteiger partial charge in [0.2, 0.25) is 5.91 Å². The number of pyridine rings is 1. The number of ether oxygens (including phenoxy) is 2. The van der Waals surface area contributed by atoms with E-state index in [1.54, 1.807) is 0 Å². The van der Waals surface area contributed by atoms with Crippen LogP contribution in [-0.2, 0) is 25.7 Å². The molecule has 1 saturated carbocycles. The fourth-order valence-corrected chi connectivity index (χ4v) is 3.92. The molecule has 10 heteroatoms. The van der Waals surface area contributed by atoms with E-state index in [0.29, 0.717) is 12.5 Å². The van der Waals surface area contributed by atoms with Gasteiger partial charge in [-0.3, -0.25) is 9.78 Å². The minimum Gasteiger partial charge on any atom is -0.475 e. The third-order valence-electron chi connectivity index (χ3n) is 6.04. The summed E-state index contributed by atoms with van der Waals surface area (Å²) in [7, 11) is 0. The molecular formula is C21H27F3N2O5. The van der Waals surface area contributed by atoms with Gasteiger partial charge in [-0.05, 0) is 43.4 Å². The Labute approximate surface area is 178 Å². The largest absolute Gasteiger partial charge is 0.490 e. The molecule has 1 aliphatic carbocycles. The predicted molar refractivity (Wildman–Crippen MR) is 103 cm³/mol. The van der Waals surface area contributed by atoms with E-state index in [0.717, 1.165) is 50.9 Å². The highest BCUT2D eigenvalue weighted by Gasteiger charge is 2.50. The van der Waals surface area contributed by atoms with Gasteiger partial charge in [-0.1, -0.05) is 6.42 Å². The van der Waals surface area contributed by atoms with E-state index in [1.807, 2.05) is 23.4 Å². The molecular weight excluding hydrogens is 417 g/mol. The molecule has 4 rings (SSSR count). The molecule has 3 fully saturated rings. The van der Waals surface area contributed by atoms with Crippen LogP contribution in [0.2, 0.25) is 0 Å². The fourth-order valence-electron chi connectivity index (χ4n) is 3.92. The number of hydrogen-bond donors (Lipinski definition) is 1. The number of aliphatic carboxylic acids is 1. The lowest BCUT2D eigenvalue weighted by molar-refractivity contribution is -0.205. The lowest BCUT2D eigenvalue weighted by Gasteiger charge is -2.54. The smallest absolute Gasteiger partial charge is 0.475 e. The van der Waals surface area contributed by atoms with Gasteiger partial charge in [0.25, 0.3) is 0 Å². The van der Waals surface area contributed by atoms with E-state index in [-0.39, 0.29) is 17.6 Å². The lowest BCUT2D eigenvalue weighted by atomic mass is 9.80. The normalized spacial score (nSPS) is 22.7. The summed E-state index contributed by atoms with van der Waals surface area (Å²) in [4.78, 5) is 27.4. The molecule has 3 aliphatic rings. The maximum atomic E-state index is 12.3. The summed E-state index contributed by atoms with van der Waals surface area (Å²) in [6.07, 6.45) is 3.98. The van der Waals surface area contributed by atoms with E-state index in [4.69, 9.17) is 19.4 Å². The molecule has 31 heavy (non-hydrogen) atoms. The first-order valence-electron chi connectivity index (χ1n) is 10.3. The molecule has 172 valence electrons. The molecule has 7 nitrogen and oxygen atoms in total. The Balaban J connectivity index is 0.000000339. The van der Waals surface area contributed by atoms with Gasteiger partial charge in [-0.15, -0.1) is 0 Å². The van der Waals surface area contributed by atoms with Crippen LogP contribution in [0.25, 0.3) is 0 Å². The summed E-state index contributed by atoms with van der Waals surface area (Å²) < 4.78 is 43.9. The van der Waals surface area contributed by atoms with Crippen LogP contribution in [0.3, 0.4) is 0 Å². The highest BCUT2D eigenvalue weighted by molar-refractivity contribution is 5.80. The van der Waals surface area contributed by atoms with E-state index >= 15 is 0 Å². The van der Waals surface area contributed by atoms with Crippen molar-refractivity contribution in [3.05, 3.63) is 29.6 Å². The second-order valence-electron chi connectivity index (χ2n) is 8.38. The Morgan fingerprint density at radius 3 is 2.55 bits per heavy atom. The Kier molecular flexibility index (Phi) is 7.20. The van der Waals surface area contributed by atoms with Crippen LogP contribution in [0.1, 0.15) is 43.2 Å². The van der Waals surface area contributed by atoms with Crippen molar-refractivity contribution in [2.45, 2.75) is 63.5 Å². The number of amides is 1. The average Bonchev–Trinajstić information content (AvgIpc) is 2.64. The Bertz CT molecular complexity index is 791. The minimum absolute atomic E-state index is 0.160. The molecule has 1 N–H and O–H groups in total. The number of carbonyl (C=O) groups excluding carboxylic acids is 1. The minimum atomic E-state index is -5.08. The van der Waals surface area contributed by atoms with Gasteiger partial charge in [0.1, 0.15) is 5.60 Å². The molecule has 0 aromatic carbocycles. The van der Waals surface area contributed by atoms with Gasteiger partial charge in [-0.25, -0.2) is 4.79 Å². The third-order valence-corrected chi connectivity index (χ3v) is 6.04. The van der Waals surface area contributed by atoms with Crippen LogP contribution in [0.15, 0.2) is 18.5 Å². The molecule has 1 unspecified atom stereocenters. The molecule has 3 heterocycles. The molecule has 1 aromatic heterocycles. The number of likely N-dealkylation sites (tertiary alicyclic amines) is 1. The Hall–Kier alpha value is -2.20. The number of carboxylic acids is 1. The molecule has 0 radical (unpaired) electrons. The standard InChI is InChI=1S/C19H26N2O3.C2HF3O2/c1-14-5-7-20-10-16(14)11-23-17-6-8-24-19(9-17)12-21(13-19)18(22)15-3-2-4-15;3-2(4,5)1(6)7/h5,7,10,15,17H,2-4,6,8-9,11-13H2,1H3;(H,6,7). The molecule has 1 atom stereocenters. The lowest BCUT2D eigenvalue weighted by Crippen LogP contribution is -2.68. The monoisotopic (exact) mass is 444 g/mol. The molecule has 1 aromatic rings. The van der Waals surface area contributed by atoms with Gasteiger partial charge in [0, 0.05) is 31.3 Å². The SMILES string of the molecule is Cc1ccncc1COC1CCOC2(C1)CN(C(=O)C1CCC1)C2.O=C(O)C(F)(F)F. The van der Waals surface area contributed by atoms with Crippen LogP contribution < -0.4 is 0 Å². The first-order chi connectivity index (χ1) is 14.6. The van der Waals surface area contributed by atoms with Crippen molar-refractivity contribution in [1.82, 2.24) is 9.88 Å². The van der Waals surface area contributed by atoms with Crippen molar-refractivity contribution in [2.75, 3.05) is 19.7 Å². The highest BCUT2D eigenvalue weighted by Crippen LogP contribution is 2.38. The number of carboxylic acid groups (broad SMARTS) is 1. The molecule has 1 amide bonds. The van der Waals surface area contributed by atoms with Crippen LogP contribution in [0.5, 0.6) is 0 Å². The van der Waals surface area contributed by atoms with Gasteiger partial charge < -0.3 is 19.5 Å². The van der Waals surface area contributed by atoms with Gasteiger partial charge in [0.15, 0.2) is 0 Å². The molecule has 0 bridgehead atoms. The third kappa shape index (κ3) is 5.94. The van der Waals surface area contributed by atoms with Crippen molar-refractivity contribution in [1.29, 1.82) is 0 Å². The fraction of sp³-hybridized carbons (Fsp3) is 0.667. The van der Waals surface area contributed by atoms with Gasteiger partial charge in [0.05, 0.1) is 25.8 Å². The van der Waals surface area contributed by atoms with Crippen molar-refractivity contribution >= 4 is 11.9 Å². The summed E-state index contributed by atoms with van der Waals surface area (Å²) in [5.41, 5.74) is 2.20. The predicted octanol–water partition coefficient (Wildman–Crippen LogP) is 3.10. The van der Waals surface area contributed by atoms with E-state index in [1.165, 1.54) is 12.0 Å². The van der Waals surface area contributed by atoms with Crippen molar-refractivity contribution in [3.8, 4) is 0 Å². The quantitative estimate of drug-likeness (QED) is 0.768. The zero-order chi connectivity index (χ0) is 22.6. The average molecular weight is 444 g/mol. The maximum absolute atomic E-state index is 12.3. The summed E-state index contributed by atoms with van der Waals surface area (Å²) in [6.45, 7) is 4.90. The van der Waals surface area contributed by atoms with E-state index < -0.39 is 12.1 Å². The van der Waals surface area contributed by atoms with E-state index in [2.05, 4.69) is 11.9 Å². The number of aromatic nitrogens is 1. The van der Waals surface area contributed by atoms with E-state index in [9.17, 15) is 18.0 Å². The zero-order valence-electron chi connectivity index (χ0n) is 17.4. The van der Waals surface area contributed by atoms with Gasteiger partial charge in [-0.2, -0.15) is 13.2 Å². The molecule has 2 saturated heterocycles. The number of halogens is 3. The van der Waals surface area contributed by atoms with Crippen molar-refractivity contribution in [2.24, 2.45) is 5.92 Å².